The van der Waals surface area contributed by atoms with E-state index in [0.29, 0.717) is 18.5 Å². The lowest BCUT2D eigenvalue weighted by molar-refractivity contribution is -0.141. The molecule has 5 nitrogen and oxygen atoms in total. The first-order valence-electron chi connectivity index (χ1n) is 6.10. The standard InChI is InChI=1S/C14H18N2O3/c1-2-3-12(14(18)19)16-13(17)9-6-10-4-7-11(15)8-5-10/h4-9,12H,2-3,15H2,1H3,(H,16,17)(H,18,19)/b9-6+. The smallest absolute Gasteiger partial charge is 0.326 e. The molecule has 102 valence electrons. The van der Waals surface area contributed by atoms with Crippen molar-refractivity contribution in [1.29, 1.82) is 0 Å². The number of carboxylic acid groups (broad SMARTS) is 1. The fourth-order valence-corrected chi connectivity index (χ4v) is 1.54. The first kappa shape index (κ1) is 14.8. The SMILES string of the molecule is CCCC(NC(=O)/C=C/c1ccc(N)cc1)C(=O)O. The lowest BCUT2D eigenvalue weighted by Crippen LogP contribution is -2.39. The molecule has 1 unspecified atom stereocenters. The molecule has 0 saturated carbocycles. The molecular weight excluding hydrogens is 244 g/mol. The number of carbonyl (C=O) groups excluding carboxylic acids is 1. The minimum Gasteiger partial charge on any atom is -0.480 e. The zero-order valence-corrected chi connectivity index (χ0v) is 10.8. The first-order valence-corrected chi connectivity index (χ1v) is 6.10. The van der Waals surface area contributed by atoms with E-state index < -0.39 is 17.9 Å². The Morgan fingerprint density at radius 3 is 2.53 bits per heavy atom. The van der Waals surface area contributed by atoms with Gasteiger partial charge in [0.2, 0.25) is 5.91 Å². The van der Waals surface area contributed by atoms with Crippen molar-refractivity contribution in [1.82, 2.24) is 5.32 Å². The van der Waals surface area contributed by atoms with Gasteiger partial charge in [0.25, 0.3) is 0 Å². The summed E-state index contributed by atoms with van der Waals surface area (Å²) in [5, 5.41) is 11.4. The summed E-state index contributed by atoms with van der Waals surface area (Å²) >= 11 is 0. The van der Waals surface area contributed by atoms with Gasteiger partial charge in [-0.15, -0.1) is 0 Å². The van der Waals surface area contributed by atoms with Gasteiger partial charge in [0.05, 0.1) is 0 Å². The highest BCUT2D eigenvalue weighted by atomic mass is 16.4. The van der Waals surface area contributed by atoms with Crippen LogP contribution in [-0.2, 0) is 9.59 Å². The highest BCUT2D eigenvalue weighted by molar-refractivity contribution is 5.94. The summed E-state index contributed by atoms with van der Waals surface area (Å²) < 4.78 is 0. The number of amides is 1. The quantitative estimate of drug-likeness (QED) is 0.537. The highest BCUT2D eigenvalue weighted by Gasteiger charge is 2.17. The van der Waals surface area contributed by atoms with Crippen LogP contribution in [0.2, 0.25) is 0 Å². The molecule has 0 heterocycles. The number of aliphatic carboxylic acids is 1. The Kier molecular flexibility index (Phi) is 5.60. The maximum atomic E-state index is 11.6. The molecule has 0 aliphatic rings. The van der Waals surface area contributed by atoms with Crippen molar-refractivity contribution < 1.29 is 14.7 Å². The summed E-state index contributed by atoms with van der Waals surface area (Å²) in [6.45, 7) is 1.87. The van der Waals surface area contributed by atoms with Crippen LogP contribution in [0.1, 0.15) is 25.3 Å². The topological polar surface area (TPSA) is 92.4 Å². The molecule has 1 aromatic carbocycles. The fraction of sp³-hybridized carbons (Fsp3) is 0.286. The molecule has 0 saturated heterocycles. The monoisotopic (exact) mass is 262 g/mol. The Balaban J connectivity index is 2.58. The van der Waals surface area contributed by atoms with Gasteiger partial charge in [-0.25, -0.2) is 4.79 Å². The van der Waals surface area contributed by atoms with E-state index in [-0.39, 0.29) is 0 Å². The van der Waals surface area contributed by atoms with Gasteiger partial charge in [0.15, 0.2) is 0 Å². The number of carbonyl (C=O) groups is 2. The number of rotatable bonds is 6. The van der Waals surface area contributed by atoms with Crippen molar-refractivity contribution >= 4 is 23.6 Å². The molecule has 0 spiro atoms. The highest BCUT2D eigenvalue weighted by Crippen LogP contribution is 2.07. The third-order valence-corrected chi connectivity index (χ3v) is 2.56. The van der Waals surface area contributed by atoms with Crippen molar-refractivity contribution in [3.63, 3.8) is 0 Å². The molecular formula is C14H18N2O3. The van der Waals surface area contributed by atoms with Crippen molar-refractivity contribution in [3.05, 3.63) is 35.9 Å². The summed E-state index contributed by atoms with van der Waals surface area (Å²) in [7, 11) is 0. The van der Waals surface area contributed by atoms with Crippen molar-refractivity contribution in [3.8, 4) is 0 Å². The van der Waals surface area contributed by atoms with Crippen LogP contribution in [0.5, 0.6) is 0 Å². The van der Waals surface area contributed by atoms with Gasteiger partial charge in [0, 0.05) is 11.8 Å². The van der Waals surface area contributed by atoms with Crippen LogP contribution >= 0.6 is 0 Å². The maximum absolute atomic E-state index is 11.6. The lowest BCUT2D eigenvalue weighted by Gasteiger charge is -2.11. The van der Waals surface area contributed by atoms with Crippen LogP contribution in [0.15, 0.2) is 30.3 Å². The lowest BCUT2D eigenvalue weighted by atomic mass is 10.1. The second-order valence-electron chi connectivity index (χ2n) is 4.19. The van der Waals surface area contributed by atoms with E-state index in [0.717, 1.165) is 5.56 Å². The van der Waals surface area contributed by atoms with Gasteiger partial charge >= 0.3 is 5.97 Å². The van der Waals surface area contributed by atoms with E-state index in [1.165, 1.54) is 6.08 Å². The number of nitrogens with two attached hydrogens (primary N) is 1. The normalized spacial score (nSPS) is 12.3. The Labute approximate surface area is 112 Å². The molecule has 0 bridgehead atoms. The number of hydrogen-bond acceptors (Lipinski definition) is 3. The zero-order valence-electron chi connectivity index (χ0n) is 10.8. The molecule has 1 aromatic rings. The summed E-state index contributed by atoms with van der Waals surface area (Å²) in [4.78, 5) is 22.5. The molecule has 19 heavy (non-hydrogen) atoms. The average molecular weight is 262 g/mol. The van der Waals surface area contributed by atoms with Crippen LogP contribution in [0.3, 0.4) is 0 Å². The number of nitrogens with one attached hydrogen (secondary N) is 1. The number of hydrogen-bond donors (Lipinski definition) is 3. The Morgan fingerprint density at radius 2 is 2.00 bits per heavy atom. The largest absolute Gasteiger partial charge is 0.480 e. The fourth-order valence-electron chi connectivity index (χ4n) is 1.54. The van der Waals surface area contributed by atoms with Crippen LogP contribution < -0.4 is 11.1 Å². The summed E-state index contributed by atoms with van der Waals surface area (Å²) in [5.74, 6) is -1.44. The van der Waals surface area contributed by atoms with E-state index >= 15 is 0 Å². The third kappa shape index (κ3) is 5.25. The predicted molar refractivity (Wildman–Crippen MR) is 74.4 cm³/mol. The Morgan fingerprint density at radius 1 is 1.37 bits per heavy atom. The molecule has 0 aliphatic heterocycles. The first-order chi connectivity index (χ1) is 9.02. The van der Waals surface area contributed by atoms with E-state index in [1.807, 2.05) is 6.92 Å². The molecule has 1 rings (SSSR count). The molecule has 5 heteroatoms. The average Bonchev–Trinajstić information content (AvgIpc) is 2.37. The van der Waals surface area contributed by atoms with Gasteiger partial charge in [-0.1, -0.05) is 25.5 Å². The summed E-state index contributed by atoms with van der Waals surface area (Å²) in [6, 6.07) is 6.18. The van der Waals surface area contributed by atoms with Gasteiger partial charge in [-0.2, -0.15) is 0 Å². The van der Waals surface area contributed by atoms with Crippen molar-refractivity contribution in [2.45, 2.75) is 25.8 Å². The summed E-state index contributed by atoms with van der Waals surface area (Å²) in [5.41, 5.74) is 7.02. The van der Waals surface area contributed by atoms with Crippen LogP contribution in [-0.4, -0.2) is 23.0 Å². The van der Waals surface area contributed by atoms with Gasteiger partial charge in [0.1, 0.15) is 6.04 Å². The number of carboxylic acids is 1. The molecule has 0 fully saturated rings. The second kappa shape index (κ2) is 7.20. The number of benzene rings is 1. The van der Waals surface area contributed by atoms with Gasteiger partial charge in [-0.05, 0) is 30.2 Å². The minimum atomic E-state index is -1.02. The molecule has 1 atom stereocenters. The minimum absolute atomic E-state index is 0.413. The summed E-state index contributed by atoms with van der Waals surface area (Å²) in [6.07, 6.45) is 4.03. The third-order valence-electron chi connectivity index (χ3n) is 2.56. The molecule has 0 aromatic heterocycles. The molecule has 0 aliphatic carbocycles. The van der Waals surface area contributed by atoms with E-state index in [2.05, 4.69) is 5.32 Å². The van der Waals surface area contributed by atoms with Crippen LogP contribution in [0, 0.1) is 0 Å². The van der Waals surface area contributed by atoms with Crippen LogP contribution in [0.25, 0.3) is 6.08 Å². The zero-order chi connectivity index (χ0) is 14.3. The van der Waals surface area contributed by atoms with E-state index in [1.54, 1.807) is 30.3 Å². The Hall–Kier alpha value is -2.30. The predicted octanol–water partition coefficient (Wildman–Crippen LogP) is 1.65. The van der Waals surface area contributed by atoms with Crippen LogP contribution in [0.4, 0.5) is 5.69 Å². The van der Waals surface area contributed by atoms with Gasteiger partial charge in [-0.3, -0.25) is 4.79 Å². The van der Waals surface area contributed by atoms with E-state index in [9.17, 15) is 9.59 Å². The molecule has 0 radical (unpaired) electrons. The Bertz CT molecular complexity index is 466. The molecule has 4 N–H and O–H groups in total. The number of nitrogen functional groups attached to an aromatic ring is 1. The van der Waals surface area contributed by atoms with Crippen molar-refractivity contribution in [2.24, 2.45) is 0 Å². The molecule has 1 amide bonds. The number of anilines is 1. The van der Waals surface area contributed by atoms with Gasteiger partial charge < -0.3 is 16.2 Å². The van der Waals surface area contributed by atoms with E-state index in [4.69, 9.17) is 10.8 Å². The maximum Gasteiger partial charge on any atom is 0.326 e. The second-order valence-corrected chi connectivity index (χ2v) is 4.19. The van der Waals surface area contributed by atoms with Crippen molar-refractivity contribution in [2.75, 3.05) is 5.73 Å².